The van der Waals surface area contributed by atoms with Crippen LogP contribution < -0.4 is 0 Å². The van der Waals surface area contributed by atoms with Crippen LogP contribution in [0.15, 0.2) is 28.8 Å². The molecule has 0 bridgehead atoms. The number of carboxylic acid groups (broad SMARTS) is 1. The summed E-state index contributed by atoms with van der Waals surface area (Å²) in [5.41, 5.74) is 0.915. The van der Waals surface area contributed by atoms with Crippen LogP contribution in [0.25, 0.3) is 11.3 Å². The minimum absolute atomic E-state index is 0.0487. The van der Waals surface area contributed by atoms with Crippen LogP contribution in [0.1, 0.15) is 10.6 Å². The molecule has 0 aliphatic carbocycles. The molecule has 0 amide bonds. The molecule has 2 rings (SSSR count). The summed E-state index contributed by atoms with van der Waals surface area (Å²) in [6.07, 6.45) is 0. The highest BCUT2D eigenvalue weighted by atomic mass is 35.5. The average Bonchev–Trinajstić information content (AvgIpc) is 2.71. The minimum Gasteiger partial charge on any atom is -0.506 e. The number of aromatic nitrogens is 1. The van der Waals surface area contributed by atoms with Gasteiger partial charge in [-0.15, -0.1) is 0 Å². The van der Waals surface area contributed by atoms with Crippen LogP contribution in [0.3, 0.4) is 0 Å². The number of aromatic hydroxyl groups is 1. The predicted molar refractivity (Wildman–Crippen MR) is 55.6 cm³/mol. The van der Waals surface area contributed by atoms with Gasteiger partial charge in [-0.3, -0.25) is 0 Å². The van der Waals surface area contributed by atoms with E-state index >= 15 is 0 Å². The maximum atomic E-state index is 10.6. The zero-order valence-corrected chi connectivity index (χ0v) is 8.60. The van der Waals surface area contributed by atoms with E-state index in [4.69, 9.17) is 16.7 Å². The molecule has 82 valence electrons. The molecule has 0 fully saturated rings. The van der Waals surface area contributed by atoms with Gasteiger partial charge in [0.15, 0.2) is 0 Å². The summed E-state index contributed by atoms with van der Waals surface area (Å²) in [5, 5.41) is 21.6. The second-order valence-corrected chi connectivity index (χ2v) is 3.45. The molecule has 0 aliphatic rings. The Labute approximate surface area is 94.9 Å². The highest BCUT2D eigenvalue weighted by Crippen LogP contribution is 2.28. The lowest BCUT2D eigenvalue weighted by molar-refractivity contribution is 0.0652. The molecule has 0 atom stereocenters. The van der Waals surface area contributed by atoms with Crippen LogP contribution >= 0.6 is 11.6 Å². The number of hydrogen-bond donors (Lipinski definition) is 2. The van der Waals surface area contributed by atoms with Crippen molar-refractivity contribution in [2.24, 2.45) is 0 Å². The molecule has 2 N–H and O–H groups in total. The van der Waals surface area contributed by atoms with E-state index in [0.717, 1.165) is 0 Å². The summed E-state index contributed by atoms with van der Waals surface area (Å²) >= 11 is 5.71. The van der Waals surface area contributed by atoms with Gasteiger partial charge in [-0.1, -0.05) is 16.8 Å². The molecule has 16 heavy (non-hydrogen) atoms. The first kappa shape index (κ1) is 10.5. The third-order valence-electron chi connectivity index (χ3n) is 1.96. The molecule has 1 heterocycles. The topological polar surface area (TPSA) is 83.6 Å². The number of rotatable bonds is 2. The Balaban J connectivity index is 2.42. The molecule has 0 saturated heterocycles. The van der Waals surface area contributed by atoms with Crippen molar-refractivity contribution in [2.45, 2.75) is 0 Å². The number of benzene rings is 1. The predicted octanol–water partition coefficient (Wildman–Crippen LogP) is 2.40. The van der Waals surface area contributed by atoms with Crippen molar-refractivity contribution < 1.29 is 19.5 Å². The molecule has 2 aromatic rings. The zero-order valence-electron chi connectivity index (χ0n) is 7.85. The van der Waals surface area contributed by atoms with Crippen molar-refractivity contribution in [1.29, 1.82) is 0 Å². The Morgan fingerprint density at radius 2 is 2.12 bits per heavy atom. The monoisotopic (exact) mass is 239 g/mol. The number of carboxylic acids is 1. The van der Waals surface area contributed by atoms with Gasteiger partial charge in [0, 0.05) is 11.6 Å². The van der Waals surface area contributed by atoms with Crippen LogP contribution in [0.2, 0.25) is 5.02 Å². The number of phenolic OH excluding ortho intramolecular Hbond substituents is 1. The van der Waals surface area contributed by atoms with Crippen LogP contribution in [0, 0.1) is 0 Å². The lowest BCUT2D eigenvalue weighted by Crippen LogP contribution is -1.91. The fraction of sp³-hybridized carbons (Fsp3) is 0. The smallest absolute Gasteiger partial charge is 0.374 e. The van der Waals surface area contributed by atoms with E-state index in [1.54, 1.807) is 6.07 Å². The van der Waals surface area contributed by atoms with Gasteiger partial charge in [0.1, 0.15) is 11.4 Å². The van der Waals surface area contributed by atoms with Gasteiger partial charge < -0.3 is 14.7 Å². The van der Waals surface area contributed by atoms with Crippen molar-refractivity contribution >= 4 is 17.6 Å². The summed E-state index contributed by atoms with van der Waals surface area (Å²) in [7, 11) is 0. The SMILES string of the molecule is O=C(O)c1cc(-c2ccc(O)c(Cl)c2)no1. The fourth-order valence-corrected chi connectivity index (χ4v) is 1.36. The summed E-state index contributed by atoms with van der Waals surface area (Å²) in [4.78, 5) is 10.6. The Morgan fingerprint density at radius 1 is 1.38 bits per heavy atom. The summed E-state index contributed by atoms with van der Waals surface area (Å²) in [5.74, 6) is -1.49. The number of nitrogens with zero attached hydrogens (tertiary/aromatic N) is 1. The van der Waals surface area contributed by atoms with Gasteiger partial charge in [-0.2, -0.15) is 0 Å². The maximum absolute atomic E-state index is 10.6. The molecule has 0 unspecified atom stereocenters. The van der Waals surface area contributed by atoms with E-state index in [1.165, 1.54) is 18.2 Å². The quantitative estimate of drug-likeness (QED) is 0.841. The molecule has 6 heteroatoms. The Morgan fingerprint density at radius 3 is 2.69 bits per heavy atom. The number of halogens is 1. The van der Waals surface area contributed by atoms with Crippen molar-refractivity contribution in [2.75, 3.05) is 0 Å². The van der Waals surface area contributed by atoms with Gasteiger partial charge in [-0.25, -0.2) is 4.79 Å². The number of hydrogen-bond acceptors (Lipinski definition) is 4. The van der Waals surface area contributed by atoms with Crippen molar-refractivity contribution in [3.63, 3.8) is 0 Å². The normalized spacial score (nSPS) is 10.3. The Kier molecular flexibility index (Phi) is 2.54. The standard InChI is InChI=1S/C10H6ClNO4/c11-6-3-5(1-2-8(6)13)7-4-9(10(14)15)16-12-7/h1-4,13H,(H,14,15). The third kappa shape index (κ3) is 1.85. The van der Waals surface area contributed by atoms with Crippen LogP contribution in [-0.2, 0) is 0 Å². The van der Waals surface area contributed by atoms with Crippen LogP contribution in [0.4, 0.5) is 0 Å². The molecule has 0 saturated carbocycles. The number of carbonyl (C=O) groups is 1. The number of phenols is 1. The van der Waals surface area contributed by atoms with Crippen molar-refractivity contribution in [3.8, 4) is 17.0 Å². The summed E-state index contributed by atoms with van der Waals surface area (Å²) in [6, 6.07) is 5.71. The molecule has 1 aromatic heterocycles. The van der Waals surface area contributed by atoms with Gasteiger partial charge >= 0.3 is 5.97 Å². The first-order chi connectivity index (χ1) is 7.58. The molecule has 5 nitrogen and oxygen atoms in total. The third-order valence-corrected chi connectivity index (χ3v) is 2.27. The van der Waals surface area contributed by atoms with Crippen molar-refractivity contribution in [3.05, 3.63) is 35.0 Å². The molecule has 1 aromatic carbocycles. The van der Waals surface area contributed by atoms with E-state index in [1.807, 2.05) is 0 Å². The number of aromatic carboxylic acids is 1. The summed E-state index contributed by atoms with van der Waals surface area (Å²) in [6.45, 7) is 0. The molecular weight excluding hydrogens is 234 g/mol. The molecular formula is C10H6ClNO4. The van der Waals surface area contributed by atoms with Gasteiger partial charge in [0.2, 0.25) is 5.76 Å². The van der Waals surface area contributed by atoms with Gasteiger partial charge in [0.25, 0.3) is 0 Å². The van der Waals surface area contributed by atoms with Gasteiger partial charge in [-0.05, 0) is 18.2 Å². The van der Waals surface area contributed by atoms with E-state index < -0.39 is 5.97 Å². The first-order valence-corrected chi connectivity index (χ1v) is 4.64. The van der Waals surface area contributed by atoms with E-state index in [-0.39, 0.29) is 16.5 Å². The second-order valence-electron chi connectivity index (χ2n) is 3.05. The van der Waals surface area contributed by atoms with Crippen LogP contribution in [-0.4, -0.2) is 21.3 Å². The Hall–Kier alpha value is -2.01. The molecule has 0 radical (unpaired) electrons. The van der Waals surface area contributed by atoms with Crippen LogP contribution in [0.5, 0.6) is 5.75 Å². The lowest BCUT2D eigenvalue weighted by Gasteiger charge is -1.98. The van der Waals surface area contributed by atoms with Gasteiger partial charge in [0.05, 0.1) is 5.02 Å². The van der Waals surface area contributed by atoms with E-state index in [2.05, 4.69) is 9.68 Å². The molecule has 0 spiro atoms. The fourth-order valence-electron chi connectivity index (χ4n) is 1.18. The highest BCUT2D eigenvalue weighted by Gasteiger charge is 2.13. The first-order valence-electron chi connectivity index (χ1n) is 4.27. The zero-order chi connectivity index (χ0) is 11.7. The van der Waals surface area contributed by atoms with E-state index in [0.29, 0.717) is 11.3 Å². The molecule has 0 aliphatic heterocycles. The highest BCUT2D eigenvalue weighted by molar-refractivity contribution is 6.32. The van der Waals surface area contributed by atoms with Crippen molar-refractivity contribution in [1.82, 2.24) is 5.16 Å². The minimum atomic E-state index is -1.19. The lowest BCUT2D eigenvalue weighted by atomic mass is 10.1. The Bertz CT molecular complexity index is 550. The maximum Gasteiger partial charge on any atom is 0.374 e. The summed E-state index contributed by atoms with van der Waals surface area (Å²) < 4.78 is 4.60. The second kappa shape index (κ2) is 3.86. The average molecular weight is 240 g/mol. The van der Waals surface area contributed by atoms with E-state index in [9.17, 15) is 9.90 Å². The largest absolute Gasteiger partial charge is 0.506 e.